The topological polar surface area (TPSA) is 52.1 Å². The summed E-state index contributed by atoms with van der Waals surface area (Å²) >= 11 is 3.61. The molecule has 5 nitrogen and oxygen atoms in total. The molecule has 6 heteroatoms. The van der Waals surface area contributed by atoms with Gasteiger partial charge in [-0.2, -0.15) is 0 Å². The van der Waals surface area contributed by atoms with Gasteiger partial charge in [-0.15, -0.1) is 0 Å². The van der Waals surface area contributed by atoms with Crippen molar-refractivity contribution in [2.24, 2.45) is 14.1 Å². The fourth-order valence-electron chi connectivity index (χ4n) is 2.66. The van der Waals surface area contributed by atoms with Crippen LogP contribution >= 0.6 is 15.9 Å². The highest BCUT2D eigenvalue weighted by Crippen LogP contribution is 2.32. The second kappa shape index (κ2) is 5.20. The zero-order valence-corrected chi connectivity index (χ0v) is 13.6. The van der Waals surface area contributed by atoms with E-state index in [1.54, 1.807) is 29.5 Å². The monoisotopic (exact) mass is 349 g/mol. The number of rotatable bonds is 3. The van der Waals surface area contributed by atoms with Crippen LogP contribution in [0.5, 0.6) is 0 Å². The molecule has 0 amide bonds. The van der Waals surface area contributed by atoms with E-state index in [0.29, 0.717) is 0 Å². The minimum absolute atomic E-state index is 0.0342. The van der Waals surface area contributed by atoms with Crippen LogP contribution in [0.15, 0.2) is 44.2 Å². The maximum atomic E-state index is 12.1. The van der Waals surface area contributed by atoms with Crippen LogP contribution in [0, 0.1) is 0 Å². The number of hydrogen-bond donors (Lipinski definition) is 1. The summed E-state index contributed by atoms with van der Waals surface area (Å²) in [5.41, 5.74) is 2.79. The highest BCUT2D eigenvalue weighted by atomic mass is 79.9. The third kappa shape index (κ3) is 2.15. The first-order valence-corrected chi connectivity index (χ1v) is 7.39. The van der Waals surface area contributed by atoms with Crippen molar-refractivity contribution in [3.8, 4) is 0 Å². The molecule has 0 spiro atoms. The van der Waals surface area contributed by atoms with Gasteiger partial charge in [0.25, 0.3) is 0 Å². The lowest BCUT2D eigenvalue weighted by atomic mass is 10.0. The highest BCUT2D eigenvalue weighted by Gasteiger charge is 2.20. The van der Waals surface area contributed by atoms with Crippen molar-refractivity contribution < 1.29 is 4.42 Å². The van der Waals surface area contributed by atoms with E-state index < -0.39 is 0 Å². The molecule has 1 atom stereocenters. The van der Waals surface area contributed by atoms with E-state index in [0.717, 1.165) is 26.8 Å². The summed E-state index contributed by atoms with van der Waals surface area (Å²) in [6.07, 6.45) is 1.66. The molecular weight excluding hydrogens is 334 g/mol. The van der Waals surface area contributed by atoms with Crippen molar-refractivity contribution in [1.29, 1.82) is 0 Å². The van der Waals surface area contributed by atoms with Crippen LogP contribution in [-0.4, -0.2) is 16.2 Å². The zero-order valence-electron chi connectivity index (χ0n) is 12.1. The number of fused-ring (bicyclic) bond motifs is 1. The van der Waals surface area contributed by atoms with E-state index in [1.165, 1.54) is 0 Å². The van der Waals surface area contributed by atoms with Crippen molar-refractivity contribution in [2.75, 3.05) is 7.05 Å². The molecule has 0 radical (unpaired) electrons. The SMILES string of the molecule is CNC(c1ccco1)c1cc2c(cc1Br)n(C)c(=O)n2C. The lowest BCUT2D eigenvalue weighted by Gasteiger charge is -2.16. The van der Waals surface area contributed by atoms with Gasteiger partial charge >= 0.3 is 5.69 Å². The molecule has 110 valence electrons. The van der Waals surface area contributed by atoms with Crippen LogP contribution in [0.25, 0.3) is 11.0 Å². The average molecular weight is 350 g/mol. The van der Waals surface area contributed by atoms with Gasteiger partial charge in [0, 0.05) is 18.6 Å². The molecule has 1 aromatic carbocycles. The Bertz CT molecular complexity index is 846. The minimum Gasteiger partial charge on any atom is -0.467 e. The molecule has 0 aliphatic heterocycles. The van der Waals surface area contributed by atoms with Crippen molar-refractivity contribution in [2.45, 2.75) is 6.04 Å². The Balaban J connectivity index is 2.26. The number of furan rings is 1. The van der Waals surface area contributed by atoms with Gasteiger partial charge in [0.2, 0.25) is 0 Å². The first kappa shape index (κ1) is 14.2. The maximum Gasteiger partial charge on any atom is 0.328 e. The van der Waals surface area contributed by atoms with E-state index in [1.807, 2.05) is 31.3 Å². The lowest BCUT2D eigenvalue weighted by Crippen LogP contribution is -2.19. The van der Waals surface area contributed by atoms with Gasteiger partial charge in [-0.1, -0.05) is 15.9 Å². The molecule has 2 heterocycles. The number of hydrogen-bond acceptors (Lipinski definition) is 3. The molecule has 2 aromatic heterocycles. The number of aromatic nitrogens is 2. The van der Waals surface area contributed by atoms with Crippen LogP contribution < -0.4 is 11.0 Å². The van der Waals surface area contributed by atoms with E-state index in [4.69, 9.17) is 4.42 Å². The first-order chi connectivity index (χ1) is 10.0. The fraction of sp³-hybridized carbons (Fsp3) is 0.267. The van der Waals surface area contributed by atoms with Crippen LogP contribution in [0.4, 0.5) is 0 Å². The number of nitrogens with zero attached hydrogens (tertiary/aromatic N) is 2. The van der Waals surface area contributed by atoms with Crippen molar-refractivity contribution in [1.82, 2.24) is 14.5 Å². The highest BCUT2D eigenvalue weighted by molar-refractivity contribution is 9.10. The largest absolute Gasteiger partial charge is 0.467 e. The Morgan fingerprint density at radius 1 is 1.24 bits per heavy atom. The number of benzene rings is 1. The Hall–Kier alpha value is -1.79. The molecule has 3 rings (SSSR count). The van der Waals surface area contributed by atoms with Crippen molar-refractivity contribution in [3.05, 3.63) is 56.8 Å². The Kier molecular flexibility index (Phi) is 3.51. The predicted octanol–water partition coefficient (Wildman–Crippen LogP) is 2.54. The first-order valence-electron chi connectivity index (χ1n) is 6.60. The predicted molar refractivity (Wildman–Crippen MR) is 85.5 cm³/mol. The summed E-state index contributed by atoms with van der Waals surface area (Å²) < 4.78 is 9.74. The molecule has 21 heavy (non-hydrogen) atoms. The quantitative estimate of drug-likeness (QED) is 0.790. The van der Waals surface area contributed by atoms with Gasteiger partial charge in [0.15, 0.2) is 0 Å². The van der Waals surface area contributed by atoms with Gasteiger partial charge in [-0.25, -0.2) is 4.79 Å². The Labute approximate surface area is 130 Å². The minimum atomic E-state index is -0.0749. The maximum absolute atomic E-state index is 12.1. The molecule has 0 saturated carbocycles. The smallest absolute Gasteiger partial charge is 0.328 e. The van der Waals surface area contributed by atoms with Crippen LogP contribution in [0.2, 0.25) is 0 Å². The van der Waals surface area contributed by atoms with E-state index in [2.05, 4.69) is 21.2 Å². The van der Waals surface area contributed by atoms with Gasteiger partial charge in [0.1, 0.15) is 5.76 Å². The number of halogens is 1. The van der Waals surface area contributed by atoms with Crippen molar-refractivity contribution in [3.63, 3.8) is 0 Å². The molecular formula is C15H16BrN3O2. The number of aryl methyl sites for hydroxylation is 2. The molecule has 0 aliphatic carbocycles. The standard InChI is InChI=1S/C15H16BrN3O2/c1-17-14(13-5-4-6-21-13)9-7-11-12(8-10(9)16)19(3)15(20)18(11)2/h4-8,14,17H,1-3H3. The normalized spacial score (nSPS) is 13.0. The van der Waals surface area contributed by atoms with E-state index in [-0.39, 0.29) is 11.7 Å². The Morgan fingerprint density at radius 2 is 1.90 bits per heavy atom. The van der Waals surface area contributed by atoms with Gasteiger partial charge in [-0.3, -0.25) is 9.13 Å². The second-order valence-corrected chi connectivity index (χ2v) is 5.85. The van der Waals surface area contributed by atoms with Crippen LogP contribution in [-0.2, 0) is 14.1 Å². The molecule has 0 fully saturated rings. The van der Waals surface area contributed by atoms with Crippen LogP contribution in [0.3, 0.4) is 0 Å². The second-order valence-electron chi connectivity index (χ2n) is 5.00. The average Bonchev–Trinajstić information content (AvgIpc) is 3.06. The molecule has 1 unspecified atom stereocenters. The van der Waals surface area contributed by atoms with E-state index in [9.17, 15) is 4.79 Å². The summed E-state index contributed by atoms with van der Waals surface area (Å²) in [6.45, 7) is 0. The molecule has 1 N–H and O–H groups in total. The fourth-order valence-corrected chi connectivity index (χ4v) is 3.22. The van der Waals surface area contributed by atoms with Gasteiger partial charge in [0.05, 0.1) is 23.3 Å². The molecule has 0 saturated heterocycles. The van der Waals surface area contributed by atoms with Crippen LogP contribution in [0.1, 0.15) is 17.4 Å². The summed E-state index contributed by atoms with van der Waals surface area (Å²) in [6, 6.07) is 7.71. The number of nitrogens with one attached hydrogen (secondary N) is 1. The molecule has 3 aromatic rings. The summed E-state index contributed by atoms with van der Waals surface area (Å²) in [7, 11) is 5.44. The zero-order chi connectivity index (χ0) is 15.1. The molecule has 0 bridgehead atoms. The molecule has 0 aliphatic rings. The Morgan fingerprint density at radius 3 is 2.48 bits per heavy atom. The number of imidazole rings is 1. The summed E-state index contributed by atoms with van der Waals surface area (Å²) in [5, 5.41) is 3.25. The third-order valence-corrected chi connectivity index (χ3v) is 4.50. The summed E-state index contributed by atoms with van der Waals surface area (Å²) in [4.78, 5) is 12.1. The third-order valence-electron chi connectivity index (χ3n) is 3.82. The lowest BCUT2D eigenvalue weighted by molar-refractivity contribution is 0.463. The van der Waals surface area contributed by atoms with Gasteiger partial charge < -0.3 is 9.73 Å². The van der Waals surface area contributed by atoms with Crippen molar-refractivity contribution >= 4 is 27.0 Å². The van der Waals surface area contributed by atoms with Gasteiger partial charge in [-0.05, 0) is 36.9 Å². The van der Waals surface area contributed by atoms with E-state index >= 15 is 0 Å². The summed E-state index contributed by atoms with van der Waals surface area (Å²) in [5.74, 6) is 0.832.